The average Bonchev–Trinajstić information content (AvgIpc) is 1.98. The highest BCUT2D eigenvalue weighted by atomic mass is 31.2. The van der Waals surface area contributed by atoms with Crippen molar-refractivity contribution in [3.05, 3.63) is 0 Å². The van der Waals surface area contributed by atoms with Gasteiger partial charge in [-0.25, -0.2) is 4.57 Å². The van der Waals surface area contributed by atoms with E-state index in [0.29, 0.717) is 0 Å². The van der Waals surface area contributed by atoms with Crippen molar-refractivity contribution in [2.24, 2.45) is 0 Å². The van der Waals surface area contributed by atoms with Gasteiger partial charge in [0, 0.05) is 13.5 Å². The molecule has 0 aliphatic rings. The summed E-state index contributed by atoms with van der Waals surface area (Å²) in [6, 6.07) is 0. The lowest BCUT2D eigenvalue weighted by atomic mass is 10.6. The van der Waals surface area contributed by atoms with Crippen LogP contribution in [0.3, 0.4) is 0 Å². The first-order valence-corrected chi connectivity index (χ1v) is 4.99. The zero-order chi connectivity index (χ0) is 10.3. The van der Waals surface area contributed by atoms with Crippen LogP contribution in [-0.4, -0.2) is 30.4 Å². The van der Waals surface area contributed by atoms with Gasteiger partial charge in [-0.1, -0.05) is 0 Å². The maximum absolute atomic E-state index is 10.7. The topological polar surface area (TPSA) is 105 Å². The molecule has 2 amide bonds. The van der Waals surface area contributed by atoms with Gasteiger partial charge in [-0.2, -0.15) is 0 Å². The van der Waals surface area contributed by atoms with E-state index in [9.17, 15) is 14.2 Å². The van der Waals surface area contributed by atoms with Crippen LogP contribution in [-0.2, 0) is 18.7 Å². The standard InChI is InChI=1S/C5H11N2O5P/c1-5(9)6-2-3-12-13(10,11)7-4-8/h4H,2-3H2,1H3,(H,6,9)(H2,7,8,10,11). The van der Waals surface area contributed by atoms with Crippen LogP contribution < -0.4 is 10.4 Å². The third kappa shape index (κ3) is 7.45. The van der Waals surface area contributed by atoms with E-state index in [4.69, 9.17) is 4.89 Å². The van der Waals surface area contributed by atoms with Gasteiger partial charge < -0.3 is 10.2 Å². The Labute approximate surface area is 75.0 Å². The Bertz CT molecular complexity index is 231. The van der Waals surface area contributed by atoms with Crippen molar-refractivity contribution in [1.82, 2.24) is 10.4 Å². The van der Waals surface area contributed by atoms with Crippen LogP contribution in [0.4, 0.5) is 0 Å². The number of nitrogens with one attached hydrogen (secondary N) is 2. The quantitative estimate of drug-likeness (QED) is 0.296. The predicted molar refractivity (Wildman–Crippen MR) is 43.7 cm³/mol. The van der Waals surface area contributed by atoms with E-state index in [1.54, 1.807) is 5.09 Å². The van der Waals surface area contributed by atoms with Gasteiger partial charge in [0.15, 0.2) is 0 Å². The highest BCUT2D eigenvalue weighted by molar-refractivity contribution is 7.51. The number of amides is 2. The number of hydrogen-bond donors (Lipinski definition) is 3. The predicted octanol–water partition coefficient (Wildman–Crippen LogP) is -1.01. The number of carbonyl (C=O) groups excluding carboxylic acids is 2. The van der Waals surface area contributed by atoms with E-state index in [1.807, 2.05) is 0 Å². The van der Waals surface area contributed by atoms with Crippen molar-refractivity contribution in [3.8, 4) is 0 Å². The van der Waals surface area contributed by atoms with Gasteiger partial charge in [0.2, 0.25) is 12.3 Å². The van der Waals surface area contributed by atoms with Gasteiger partial charge in [-0.05, 0) is 0 Å². The van der Waals surface area contributed by atoms with Gasteiger partial charge in [0.25, 0.3) is 0 Å². The largest absolute Gasteiger partial charge is 0.432 e. The van der Waals surface area contributed by atoms with Crippen molar-refractivity contribution in [3.63, 3.8) is 0 Å². The molecule has 1 unspecified atom stereocenters. The van der Waals surface area contributed by atoms with Crippen LogP contribution in [0.1, 0.15) is 6.92 Å². The first kappa shape index (κ1) is 12.1. The molecule has 3 N–H and O–H groups in total. The van der Waals surface area contributed by atoms with E-state index >= 15 is 0 Å². The molecule has 0 rings (SSSR count). The zero-order valence-corrected chi connectivity index (χ0v) is 7.91. The summed E-state index contributed by atoms with van der Waals surface area (Å²) in [4.78, 5) is 28.9. The van der Waals surface area contributed by atoms with E-state index < -0.39 is 7.75 Å². The molecule has 0 aliphatic carbocycles. The highest BCUT2D eigenvalue weighted by Gasteiger charge is 2.16. The van der Waals surface area contributed by atoms with Crippen LogP contribution in [0.5, 0.6) is 0 Å². The third-order valence-electron chi connectivity index (χ3n) is 0.958. The van der Waals surface area contributed by atoms with E-state index in [1.165, 1.54) is 6.92 Å². The molecule has 0 spiro atoms. The first-order chi connectivity index (χ1) is 5.98. The molecule has 0 saturated heterocycles. The zero-order valence-electron chi connectivity index (χ0n) is 7.02. The maximum atomic E-state index is 10.7. The summed E-state index contributed by atoms with van der Waals surface area (Å²) in [6.07, 6.45) is 0.0686. The molecule has 76 valence electrons. The van der Waals surface area contributed by atoms with Crippen molar-refractivity contribution >= 4 is 20.1 Å². The Morgan fingerprint density at radius 3 is 2.77 bits per heavy atom. The summed E-state index contributed by atoms with van der Waals surface area (Å²) in [5.74, 6) is -0.264. The molecule has 0 radical (unpaired) electrons. The molecule has 7 nitrogen and oxygen atoms in total. The van der Waals surface area contributed by atoms with Crippen molar-refractivity contribution in [2.75, 3.05) is 13.2 Å². The fourth-order valence-corrected chi connectivity index (χ4v) is 1.05. The van der Waals surface area contributed by atoms with Crippen LogP contribution in [0, 0.1) is 0 Å². The fraction of sp³-hybridized carbons (Fsp3) is 0.600. The van der Waals surface area contributed by atoms with Crippen LogP contribution in [0.25, 0.3) is 0 Å². The third-order valence-corrected chi connectivity index (χ3v) is 1.92. The second-order valence-electron chi connectivity index (χ2n) is 2.08. The highest BCUT2D eigenvalue weighted by Crippen LogP contribution is 2.34. The smallest absolute Gasteiger partial charge is 0.354 e. The van der Waals surface area contributed by atoms with Crippen LogP contribution in [0.2, 0.25) is 0 Å². The van der Waals surface area contributed by atoms with Gasteiger partial charge >= 0.3 is 7.75 Å². The number of hydrogen-bond acceptors (Lipinski definition) is 4. The van der Waals surface area contributed by atoms with Gasteiger partial charge in [-0.3, -0.25) is 19.2 Å². The molecule has 0 heterocycles. The average molecular weight is 210 g/mol. The lowest BCUT2D eigenvalue weighted by Crippen LogP contribution is -2.24. The molecular weight excluding hydrogens is 199 g/mol. The molecule has 1 atom stereocenters. The molecule has 0 saturated carbocycles. The minimum atomic E-state index is -4.02. The minimum absolute atomic E-state index is 0.0686. The molecule has 8 heteroatoms. The Balaban J connectivity index is 3.57. The summed E-state index contributed by atoms with van der Waals surface area (Å²) < 4.78 is 15.1. The molecule has 0 bridgehead atoms. The lowest BCUT2D eigenvalue weighted by Gasteiger charge is -2.09. The second-order valence-corrected chi connectivity index (χ2v) is 3.64. The maximum Gasteiger partial charge on any atom is 0.432 e. The summed E-state index contributed by atoms with van der Waals surface area (Å²) in [5, 5.41) is 3.95. The van der Waals surface area contributed by atoms with Crippen LogP contribution in [0.15, 0.2) is 0 Å². The second kappa shape index (κ2) is 5.69. The molecular formula is C5H11N2O5P. The normalized spacial score (nSPS) is 14.3. The van der Waals surface area contributed by atoms with Crippen LogP contribution >= 0.6 is 7.75 Å². The number of rotatable bonds is 6. The van der Waals surface area contributed by atoms with Gasteiger partial charge in [0.05, 0.1) is 6.61 Å². The van der Waals surface area contributed by atoms with Crippen molar-refractivity contribution < 1.29 is 23.6 Å². The molecule has 0 aromatic rings. The molecule has 0 fully saturated rings. The minimum Gasteiger partial charge on any atom is -0.354 e. The molecule has 0 aromatic heterocycles. The van der Waals surface area contributed by atoms with Crippen molar-refractivity contribution in [2.45, 2.75) is 6.92 Å². The Morgan fingerprint density at radius 2 is 2.31 bits per heavy atom. The summed E-state index contributed by atoms with van der Waals surface area (Å²) in [6.45, 7) is 1.27. The molecule has 0 aliphatic heterocycles. The Morgan fingerprint density at radius 1 is 1.69 bits per heavy atom. The Hall–Kier alpha value is -0.910. The monoisotopic (exact) mass is 210 g/mol. The fourth-order valence-electron chi connectivity index (χ4n) is 0.500. The SMILES string of the molecule is CC(=O)NCCOP(=O)(O)NC=O. The van der Waals surface area contributed by atoms with E-state index in [2.05, 4.69) is 9.84 Å². The Kier molecular flexibility index (Phi) is 5.29. The number of carbonyl (C=O) groups is 2. The molecule has 0 aromatic carbocycles. The van der Waals surface area contributed by atoms with E-state index in [0.717, 1.165) is 0 Å². The van der Waals surface area contributed by atoms with Crippen molar-refractivity contribution in [1.29, 1.82) is 0 Å². The lowest BCUT2D eigenvalue weighted by molar-refractivity contribution is -0.119. The van der Waals surface area contributed by atoms with Gasteiger partial charge in [-0.15, -0.1) is 0 Å². The van der Waals surface area contributed by atoms with E-state index in [-0.39, 0.29) is 25.5 Å². The summed E-state index contributed by atoms with van der Waals surface area (Å²) in [5.41, 5.74) is 0. The first-order valence-electron chi connectivity index (χ1n) is 3.41. The summed E-state index contributed by atoms with van der Waals surface area (Å²) >= 11 is 0. The van der Waals surface area contributed by atoms with Gasteiger partial charge in [0.1, 0.15) is 0 Å². The summed E-state index contributed by atoms with van der Waals surface area (Å²) in [7, 11) is -4.02. The molecule has 13 heavy (non-hydrogen) atoms.